The number of esters is 1. The van der Waals surface area contributed by atoms with Crippen molar-refractivity contribution in [2.75, 3.05) is 12.4 Å². The van der Waals surface area contributed by atoms with Crippen LogP contribution in [0.3, 0.4) is 0 Å². The molecule has 0 amide bonds. The lowest BCUT2D eigenvalue weighted by molar-refractivity contribution is -0.684. The van der Waals surface area contributed by atoms with E-state index in [2.05, 4.69) is 26.1 Å². The SMILES string of the molecule is CCCCOC(=O)[C@@H]1CS[C@H](C(C)C)[NH2+]1. The number of ether oxygens (including phenoxy) is 1. The van der Waals surface area contributed by atoms with Gasteiger partial charge >= 0.3 is 5.97 Å². The van der Waals surface area contributed by atoms with Gasteiger partial charge < -0.3 is 10.1 Å². The molecule has 0 unspecified atom stereocenters. The summed E-state index contributed by atoms with van der Waals surface area (Å²) >= 11 is 1.87. The molecule has 0 aromatic carbocycles. The van der Waals surface area contributed by atoms with Crippen molar-refractivity contribution in [2.45, 2.75) is 45.0 Å². The molecular formula is C11H22NO2S+. The maximum absolute atomic E-state index is 11.6. The number of carbonyl (C=O) groups is 1. The first kappa shape index (κ1) is 12.8. The summed E-state index contributed by atoms with van der Waals surface area (Å²) in [5.74, 6) is 1.48. The third kappa shape index (κ3) is 4.03. The molecule has 1 aliphatic heterocycles. The first-order valence-corrected chi connectivity index (χ1v) is 6.83. The van der Waals surface area contributed by atoms with Gasteiger partial charge in [0.15, 0.2) is 6.04 Å². The minimum atomic E-state index is -0.0286. The molecule has 0 aromatic heterocycles. The number of hydrogen-bond donors (Lipinski definition) is 1. The highest BCUT2D eigenvalue weighted by Gasteiger charge is 2.36. The van der Waals surface area contributed by atoms with E-state index in [4.69, 9.17) is 4.74 Å². The van der Waals surface area contributed by atoms with Gasteiger partial charge in [-0.25, -0.2) is 4.79 Å². The summed E-state index contributed by atoms with van der Waals surface area (Å²) in [7, 11) is 0. The Kier molecular flexibility index (Phi) is 5.47. The van der Waals surface area contributed by atoms with Gasteiger partial charge in [-0.2, -0.15) is 0 Å². The maximum Gasteiger partial charge on any atom is 0.365 e. The molecule has 0 radical (unpaired) electrons. The van der Waals surface area contributed by atoms with E-state index in [0.29, 0.717) is 17.9 Å². The molecular weight excluding hydrogens is 210 g/mol. The van der Waals surface area contributed by atoms with Crippen molar-refractivity contribution >= 4 is 17.7 Å². The predicted molar refractivity (Wildman–Crippen MR) is 62.7 cm³/mol. The largest absolute Gasteiger partial charge is 0.461 e. The molecule has 0 saturated carbocycles. The minimum absolute atomic E-state index is 0.0271. The maximum atomic E-state index is 11.6. The number of hydrogen-bond acceptors (Lipinski definition) is 3. The number of quaternary nitrogens is 1. The fourth-order valence-electron chi connectivity index (χ4n) is 1.54. The number of rotatable bonds is 5. The van der Waals surface area contributed by atoms with Crippen LogP contribution in [0.25, 0.3) is 0 Å². The quantitative estimate of drug-likeness (QED) is 0.568. The van der Waals surface area contributed by atoms with Gasteiger partial charge in [-0.3, -0.25) is 0 Å². The lowest BCUT2D eigenvalue weighted by atomic mass is 10.2. The van der Waals surface area contributed by atoms with Crippen LogP contribution in [0, 0.1) is 5.92 Å². The van der Waals surface area contributed by atoms with Gasteiger partial charge in [0.25, 0.3) is 0 Å². The standard InChI is InChI=1S/C11H21NO2S/c1-4-5-6-14-11(13)9-7-15-10(12-9)8(2)3/h8-10,12H,4-7H2,1-3H3/p+1/t9-,10+/m0/s1. The second kappa shape index (κ2) is 6.38. The second-order valence-corrected chi connectivity index (χ2v) is 5.57. The molecule has 1 fully saturated rings. The third-order valence-corrected chi connectivity index (χ3v) is 4.23. The smallest absolute Gasteiger partial charge is 0.365 e. The van der Waals surface area contributed by atoms with Crippen LogP contribution in [0.1, 0.15) is 33.6 Å². The van der Waals surface area contributed by atoms with Crippen LogP contribution >= 0.6 is 11.8 Å². The van der Waals surface area contributed by atoms with E-state index in [1.807, 2.05) is 11.8 Å². The van der Waals surface area contributed by atoms with Gasteiger partial charge in [-0.15, -0.1) is 0 Å². The first-order valence-electron chi connectivity index (χ1n) is 5.78. The monoisotopic (exact) mass is 232 g/mol. The zero-order valence-electron chi connectivity index (χ0n) is 9.86. The topological polar surface area (TPSA) is 42.9 Å². The Morgan fingerprint density at radius 2 is 2.33 bits per heavy atom. The number of thioether (sulfide) groups is 1. The highest BCUT2D eigenvalue weighted by molar-refractivity contribution is 7.99. The second-order valence-electron chi connectivity index (χ2n) is 4.36. The molecule has 1 rings (SSSR count). The molecule has 2 atom stereocenters. The van der Waals surface area contributed by atoms with E-state index < -0.39 is 0 Å². The van der Waals surface area contributed by atoms with Crippen molar-refractivity contribution in [1.82, 2.24) is 0 Å². The Hall–Kier alpha value is -0.220. The number of carbonyl (C=O) groups excluding carboxylic acids is 1. The molecule has 15 heavy (non-hydrogen) atoms. The summed E-state index contributed by atoms with van der Waals surface area (Å²) in [6, 6.07) is 0.0271. The molecule has 88 valence electrons. The predicted octanol–water partition coefficient (Wildman–Crippen LogP) is 0.991. The summed E-state index contributed by atoms with van der Waals surface area (Å²) in [5.41, 5.74) is 0. The van der Waals surface area contributed by atoms with E-state index in [9.17, 15) is 4.79 Å². The lowest BCUT2D eigenvalue weighted by Crippen LogP contribution is -2.94. The number of nitrogens with two attached hydrogens (primary N) is 1. The van der Waals surface area contributed by atoms with Crippen molar-refractivity contribution in [3.63, 3.8) is 0 Å². The molecule has 4 heteroatoms. The van der Waals surface area contributed by atoms with Gasteiger partial charge in [0.2, 0.25) is 0 Å². The Labute approximate surface area is 96.3 Å². The first-order chi connectivity index (χ1) is 7.15. The van der Waals surface area contributed by atoms with Gasteiger partial charge in [0.05, 0.1) is 12.4 Å². The van der Waals surface area contributed by atoms with E-state index in [-0.39, 0.29) is 12.0 Å². The van der Waals surface area contributed by atoms with E-state index in [1.165, 1.54) is 0 Å². The highest BCUT2D eigenvalue weighted by Crippen LogP contribution is 2.18. The van der Waals surface area contributed by atoms with E-state index in [0.717, 1.165) is 18.6 Å². The Morgan fingerprint density at radius 3 is 2.87 bits per heavy atom. The summed E-state index contributed by atoms with van der Waals surface area (Å²) < 4.78 is 5.21. The Bertz CT molecular complexity index is 209. The summed E-state index contributed by atoms with van der Waals surface area (Å²) in [6.07, 6.45) is 2.05. The molecule has 1 aliphatic rings. The Morgan fingerprint density at radius 1 is 1.60 bits per heavy atom. The van der Waals surface area contributed by atoms with E-state index >= 15 is 0 Å². The summed E-state index contributed by atoms with van der Waals surface area (Å²) in [5, 5.41) is 2.68. The average molecular weight is 232 g/mol. The van der Waals surface area contributed by atoms with Crippen molar-refractivity contribution in [2.24, 2.45) is 5.92 Å². The van der Waals surface area contributed by atoms with Crippen molar-refractivity contribution < 1.29 is 14.8 Å². The molecule has 0 spiro atoms. The van der Waals surface area contributed by atoms with Gasteiger partial charge in [-0.1, -0.05) is 39.0 Å². The van der Waals surface area contributed by atoms with Crippen LogP contribution in [0.4, 0.5) is 0 Å². The molecule has 0 aromatic rings. The van der Waals surface area contributed by atoms with Crippen LogP contribution in [-0.4, -0.2) is 29.7 Å². The van der Waals surface area contributed by atoms with Crippen LogP contribution < -0.4 is 5.32 Å². The molecule has 1 saturated heterocycles. The number of unbranched alkanes of at least 4 members (excludes halogenated alkanes) is 1. The molecule has 3 nitrogen and oxygen atoms in total. The van der Waals surface area contributed by atoms with Crippen molar-refractivity contribution in [3.8, 4) is 0 Å². The molecule has 1 heterocycles. The van der Waals surface area contributed by atoms with Gasteiger partial charge in [-0.05, 0) is 6.42 Å². The fourth-order valence-corrected chi connectivity index (χ4v) is 2.90. The lowest BCUT2D eigenvalue weighted by Gasteiger charge is -2.12. The molecule has 0 bridgehead atoms. The van der Waals surface area contributed by atoms with Gasteiger partial charge in [0.1, 0.15) is 5.37 Å². The molecule has 0 aliphatic carbocycles. The minimum Gasteiger partial charge on any atom is -0.461 e. The van der Waals surface area contributed by atoms with Crippen molar-refractivity contribution in [3.05, 3.63) is 0 Å². The zero-order chi connectivity index (χ0) is 11.3. The normalized spacial score (nSPS) is 25.9. The van der Waals surface area contributed by atoms with Crippen LogP contribution in [-0.2, 0) is 9.53 Å². The zero-order valence-corrected chi connectivity index (χ0v) is 10.7. The third-order valence-electron chi connectivity index (χ3n) is 2.59. The van der Waals surface area contributed by atoms with Crippen LogP contribution in [0.5, 0.6) is 0 Å². The highest BCUT2D eigenvalue weighted by atomic mass is 32.2. The van der Waals surface area contributed by atoms with Gasteiger partial charge in [0, 0.05) is 5.92 Å². The summed E-state index contributed by atoms with van der Waals surface area (Å²) in [6.45, 7) is 7.06. The Balaban J connectivity index is 2.24. The van der Waals surface area contributed by atoms with E-state index in [1.54, 1.807) is 0 Å². The average Bonchev–Trinajstić information content (AvgIpc) is 2.66. The van der Waals surface area contributed by atoms with Crippen molar-refractivity contribution in [1.29, 1.82) is 0 Å². The summed E-state index contributed by atoms with van der Waals surface area (Å²) in [4.78, 5) is 11.6. The molecule has 2 N–H and O–H groups in total. The fraction of sp³-hybridized carbons (Fsp3) is 0.909. The van der Waals surface area contributed by atoms with Crippen LogP contribution in [0.15, 0.2) is 0 Å². The van der Waals surface area contributed by atoms with Crippen LogP contribution in [0.2, 0.25) is 0 Å².